The van der Waals surface area contributed by atoms with Crippen molar-refractivity contribution < 1.29 is 22.7 Å². The fourth-order valence-electron chi connectivity index (χ4n) is 4.41. The minimum atomic E-state index is -4.74. The molecule has 0 spiro atoms. The van der Waals surface area contributed by atoms with Gasteiger partial charge in [-0.05, 0) is 86.3 Å². The summed E-state index contributed by atoms with van der Waals surface area (Å²) in [5.41, 5.74) is 3.07. The molecule has 190 valence electrons. The average Bonchev–Trinajstić information content (AvgIpc) is 3.36. The largest absolute Gasteiger partial charge is 0.573 e. The van der Waals surface area contributed by atoms with Crippen molar-refractivity contribution in [3.8, 4) is 5.75 Å². The number of pyridine rings is 1. The van der Waals surface area contributed by atoms with Gasteiger partial charge >= 0.3 is 6.36 Å². The number of aryl methyl sites for hydroxylation is 1. The molecule has 1 aromatic heterocycles. The fraction of sp³-hybridized carbons (Fsp3) is 0.333. The minimum Gasteiger partial charge on any atom is -0.406 e. The lowest BCUT2D eigenvalue weighted by Crippen LogP contribution is -2.39. The molecule has 0 radical (unpaired) electrons. The quantitative estimate of drug-likeness (QED) is 0.331. The van der Waals surface area contributed by atoms with Crippen molar-refractivity contribution in [3.05, 3.63) is 65.7 Å². The Labute approximate surface area is 207 Å². The highest BCUT2D eigenvalue weighted by molar-refractivity contribution is 6.03. The van der Waals surface area contributed by atoms with Crippen LogP contribution in [0.25, 0.3) is 17.0 Å². The zero-order chi connectivity index (χ0) is 25.7. The standard InChI is InChI=1S/C27H29F3N4O2/c1-3-22(24-5-4-14-31-24)33-25-15-17(2)21-16-19(9-12-23(21)34-25)32-26(35)13-8-18-6-10-20(11-7-18)36-27(28,29)30/h6-13,15-16,22,24,31H,3-5,14H2,1-2H3,(H,32,35)(H,33,34). The third-order valence-electron chi connectivity index (χ3n) is 6.18. The Hall–Kier alpha value is -3.59. The number of rotatable bonds is 8. The van der Waals surface area contributed by atoms with Gasteiger partial charge in [-0.1, -0.05) is 19.1 Å². The number of nitrogens with one attached hydrogen (secondary N) is 3. The number of hydrogen-bond donors (Lipinski definition) is 3. The molecule has 6 nitrogen and oxygen atoms in total. The van der Waals surface area contributed by atoms with E-state index in [2.05, 4.69) is 27.6 Å². The number of anilines is 2. The number of ether oxygens (including phenoxy) is 1. The normalized spacial score (nSPS) is 16.9. The van der Waals surface area contributed by atoms with Crippen molar-refractivity contribution in [2.45, 2.75) is 51.6 Å². The van der Waals surface area contributed by atoms with Crippen molar-refractivity contribution in [1.82, 2.24) is 10.3 Å². The lowest BCUT2D eigenvalue weighted by molar-refractivity contribution is -0.274. The monoisotopic (exact) mass is 498 g/mol. The van der Waals surface area contributed by atoms with E-state index in [1.54, 1.807) is 6.07 Å². The number of amides is 1. The third kappa shape index (κ3) is 6.75. The summed E-state index contributed by atoms with van der Waals surface area (Å²) in [5, 5.41) is 10.9. The van der Waals surface area contributed by atoms with Crippen molar-refractivity contribution >= 4 is 34.4 Å². The second-order valence-corrected chi connectivity index (χ2v) is 8.86. The van der Waals surface area contributed by atoms with E-state index < -0.39 is 6.36 Å². The van der Waals surface area contributed by atoms with Crippen molar-refractivity contribution in [2.24, 2.45) is 0 Å². The summed E-state index contributed by atoms with van der Waals surface area (Å²) in [7, 11) is 0. The number of carbonyl (C=O) groups excluding carboxylic acids is 1. The van der Waals surface area contributed by atoms with Crippen molar-refractivity contribution in [2.75, 3.05) is 17.2 Å². The van der Waals surface area contributed by atoms with E-state index in [1.807, 2.05) is 25.1 Å². The Morgan fingerprint density at radius 2 is 2.00 bits per heavy atom. The zero-order valence-corrected chi connectivity index (χ0v) is 20.2. The van der Waals surface area contributed by atoms with Gasteiger partial charge in [-0.3, -0.25) is 4.79 Å². The van der Waals surface area contributed by atoms with Crippen LogP contribution in [0.15, 0.2) is 54.6 Å². The zero-order valence-electron chi connectivity index (χ0n) is 20.2. The molecule has 1 amide bonds. The van der Waals surface area contributed by atoms with Gasteiger partial charge in [0, 0.05) is 29.2 Å². The van der Waals surface area contributed by atoms with E-state index in [9.17, 15) is 18.0 Å². The second-order valence-electron chi connectivity index (χ2n) is 8.86. The highest BCUT2D eigenvalue weighted by Crippen LogP contribution is 2.26. The van der Waals surface area contributed by atoms with Gasteiger partial charge in [0.05, 0.1) is 5.52 Å². The van der Waals surface area contributed by atoms with Crippen LogP contribution in [0.2, 0.25) is 0 Å². The third-order valence-corrected chi connectivity index (χ3v) is 6.18. The summed E-state index contributed by atoms with van der Waals surface area (Å²) < 4.78 is 40.7. The molecule has 4 rings (SSSR count). The fourth-order valence-corrected chi connectivity index (χ4v) is 4.41. The Morgan fingerprint density at radius 3 is 2.67 bits per heavy atom. The molecular formula is C27H29F3N4O2. The van der Waals surface area contributed by atoms with E-state index >= 15 is 0 Å². The molecule has 2 aromatic carbocycles. The molecule has 36 heavy (non-hydrogen) atoms. The summed E-state index contributed by atoms with van der Waals surface area (Å²) in [6.07, 6.45) is 1.45. The lowest BCUT2D eigenvalue weighted by Gasteiger charge is -2.24. The van der Waals surface area contributed by atoms with Gasteiger partial charge in [-0.25, -0.2) is 4.98 Å². The molecule has 2 atom stereocenters. The SMILES string of the molecule is CCC(Nc1cc(C)c2cc(NC(=O)C=Cc3ccc(OC(F)(F)F)cc3)ccc2n1)C1CCCN1. The Kier molecular flexibility index (Phi) is 7.79. The lowest BCUT2D eigenvalue weighted by atomic mass is 10.0. The summed E-state index contributed by atoms with van der Waals surface area (Å²) in [6.45, 7) is 5.24. The molecule has 0 aliphatic carbocycles. The molecule has 3 aromatic rings. The maximum atomic E-state index is 12.4. The first-order chi connectivity index (χ1) is 17.2. The number of benzene rings is 2. The predicted octanol–water partition coefficient (Wildman–Crippen LogP) is 6.04. The highest BCUT2D eigenvalue weighted by atomic mass is 19.4. The van der Waals surface area contributed by atoms with Crippen LogP contribution in [0, 0.1) is 6.92 Å². The molecule has 0 saturated carbocycles. The van der Waals surface area contributed by atoms with Crippen LogP contribution < -0.4 is 20.7 Å². The maximum Gasteiger partial charge on any atom is 0.573 e. The Balaban J connectivity index is 1.40. The number of carbonyl (C=O) groups is 1. The average molecular weight is 499 g/mol. The van der Waals surface area contributed by atoms with Crippen LogP contribution in [0.1, 0.15) is 37.3 Å². The topological polar surface area (TPSA) is 75.3 Å². The van der Waals surface area contributed by atoms with Crippen LogP contribution in [0.5, 0.6) is 5.75 Å². The Bertz CT molecular complexity index is 1240. The van der Waals surface area contributed by atoms with Gasteiger partial charge in [-0.2, -0.15) is 0 Å². The molecule has 1 aliphatic rings. The summed E-state index contributed by atoms with van der Waals surface area (Å²) >= 11 is 0. The van der Waals surface area contributed by atoms with Crippen LogP contribution >= 0.6 is 0 Å². The first-order valence-corrected chi connectivity index (χ1v) is 12.0. The molecule has 2 heterocycles. The first-order valence-electron chi connectivity index (χ1n) is 12.0. The highest BCUT2D eigenvalue weighted by Gasteiger charge is 2.31. The molecule has 1 fully saturated rings. The van der Waals surface area contributed by atoms with Gasteiger partial charge in [0.2, 0.25) is 5.91 Å². The molecular weight excluding hydrogens is 469 g/mol. The van der Waals surface area contributed by atoms with Crippen molar-refractivity contribution in [3.63, 3.8) is 0 Å². The molecule has 9 heteroatoms. The van der Waals surface area contributed by atoms with Gasteiger partial charge in [0.1, 0.15) is 11.6 Å². The smallest absolute Gasteiger partial charge is 0.406 e. The minimum absolute atomic E-state index is 0.315. The van der Waals surface area contributed by atoms with Crippen LogP contribution in [-0.4, -0.2) is 35.9 Å². The summed E-state index contributed by atoms with van der Waals surface area (Å²) in [6, 6.07) is 13.6. The molecule has 2 unspecified atom stereocenters. The van der Waals surface area contributed by atoms with Gasteiger partial charge in [0.15, 0.2) is 0 Å². The van der Waals surface area contributed by atoms with E-state index in [-0.39, 0.29) is 11.7 Å². The number of fused-ring (bicyclic) bond motifs is 1. The Morgan fingerprint density at radius 1 is 1.22 bits per heavy atom. The molecule has 3 N–H and O–H groups in total. The van der Waals surface area contributed by atoms with E-state index in [0.717, 1.165) is 41.7 Å². The summed E-state index contributed by atoms with van der Waals surface area (Å²) in [4.78, 5) is 17.2. The van der Waals surface area contributed by atoms with E-state index in [4.69, 9.17) is 4.98 Å². The van der Waals surface area contributed by atoms with Crippen molar-refractivity contribution in [1.29, 1.82) is 0 Å². The van der Waals surface area contributed by atoms with E-state index in [1.165, 1.54) is 42.8 Å². The molecule has 0 bridgehead atoms. The van der Waals surface area contributed by atoms with Crippen LogP contribution in [0.3, 0.4) is 0 Å². The molecule has 1 aliphatic heterocycles. The van der Waals surface area contributed by atoms with E-state index in [0.29, 0.717) is 23.3 Å². The summed E-state index contributed by atoms with van der Waals surface area (Å²) in [5.74, 6) is 0.165. The number of hydrogen-bond acceptors (Lipinski definition) is 5. The number of nitrogens with zero attached hydrogens (tertiary/aromatic N) is 1. The first kappa shape index (κ1) is 25.5. The van der Waals surface area contributed by atoms with Gasteiger partial charge < -0.3 is 20.7 Å². The second kappa shape index (κ2) is 11.0. The molecule has 1 saturated heterocycles. The van der Waals surface area contributed by atoms with Crippen LogP contribution in [0.4, 0.5) is 24.7 Å². The number of aromatic nitrogens is 1. The van der Waals surface area contributed by atoms with Crippen LogP contribution in [-0.2, 0) is 4.79 Å². The number of alkyl halides is 3. The van der Waals surface area contributed by atoms with Gasteiger partial charge in [0.25, 0.3) is 0 Å². The number of halogens is 3. The maximum absolute atomic E-state index is 12.4. The predicted molar refractivity (Wildman–Crippen MR) is 136 cm³/mol. The van der Waals surface area contributed by atoms with Gasteiger partial charge in [-0.15, -0.1) is 13.2 Å².